The number of hydrogen-bond acceptors (Lipinski definition) is 3. The van der Waals surface area contributed by atoms with E-state index < -0.39 is 0 Å². The van der Waals surface area contributed by atoms with E-state index >= 15 is 0 Å². The molecule has 0 bridgehead atoms. The van der Waals surface area contributed by atoms with Crippen molar-refractivity contribution in [3.05, 3.63) is 28.8 Å². The zero-order valence-corrected chi connectivity index (χ0v) is 11.8. The molecule has 4 nitrogen and oxygen atoms in total. The summed E-state index contributed by atoms with van der Waals surface area (Å²) in [6, 6.07) is 4.09. The van der Waals surface area contributed by atoms with Crippen molar-refractivity contribution in [1.29, 1.82) is 0 Å². The summed E-state index contributed by atoms with van der Waals surface area (Å²) in [5, 5.41) is 15.9. The number of aromatic hydroxyl groups is 1. The first kappa shape index (κ1) is 13.9. The van der Waals surface area contributed by atoms with E-state index in [0.717, 1.165) is 29.5 Å². The maximum atomic E-state index is 11.8. The first-order chi connectivity index (χ1) is 8.97. The standard InChI is InChI=1S/C15H22N2O2/c1-9-6-12(7-10(2)14(9)18)8-16-11(3)15(19)17-13-4-5-13/h6-7,11,13,16,18H,4-5,8H2,1-3H3,(H,17,19). The van der Waals surface area contributed by atoms with Crippen LogP contribution in [0.15, 0.2) is 12.1 Å². The van der Waals surface area contributed by atoms with Crippen LogP contribution in [0.3, 0.4) is 0 Å². The Morgan fingerprint density at radius 2 is 1.95 bits per heavy atom. The van der Waals surface area contributed by atoms with Gasteiger partial charge in [0.05, 0.1) is 6.04 Å². The van der Waals surface area contributed by atoms with E-state index in [9.17, 15) is 9.90 Å². The fourth-order valence-corrected chi connectivity index (χ4v) is 2.07. The van der Waals surface area contributed by atoms with E-state index in [-0.39, 0.29) is 11.9 Å². The third kappa shape index (κ3) is 3.70. The minimum atomic E-state index is -0.199. The van der Waals surface area contributed by atoms with Gasteiger partial charge in [-0.3, -0.25) is 4.79 Å². The highest BCUT2D eigenvalue weighted by molar-refractivity contribution is 5.81. The SMILES string of the molecule is Cc1cc(CNC(C)C(=O)NC2CC2)cc(C)c1O. The van der Waals surface area contributed by atoms with Crippen molar-refractivity contribution in [3.8, 4) is 5.75 Å². The summed E-state index contributed by atoms with van der Waals surface area (Å²) in [4.78, 5) is 11.8. The monoisotopic (exact) mass is 262 g/mol. The van der Waals surface area contributed by atoms with E-state index in [4.69, 9.17) is 0 Å². The maximum absolute atomic E-state index is 11.8. The Hall–Kier alpha value is -1.55. The summed E-state index contributed by atoms with van der Waals surface area (Å²) in [7, 11) is 0. The highest BCUT2D eigenvalue weighted by atomic mass is 16.3. The number of carbonyl (C=O) groups excluding carboxylic acids is 1. The molecule has 3 N–H and O–H groups in total. The lowest BCUT2D eigenvalue weighted by molar-refractivity contribution is -0.122. The number of carbonyl (C=O) groups is 1. The molecule has 2 rings (SSSR count). The molecule has 1 unspecified atom stereocenters. The van der Waals surface area contributed by atoms with Gasteiger partial charge < -0.3 is 15.7 Å². The Morgan fingerprint density at radius 3 is 2.47 bits per heavy atom. The second kappa shape index (κ2) is 5.61. The number of hydrogen-bond donors (Lipinski definition) is 3. The van der Waals surface area contributed by atoms with Crippen LogP contribution < -0.4 is 10.6 Å². The minimum absolute atomic E-state index is 0.0646. The fraction of sp³-hybridized carbons (Fsp3) is 0.533. The van der Waals surface area contributed by atoms with Gasteiger partial charge in [-0.1, -0.05) is 12.1 Å². The lowest BCUT2D eigenvalue weighted by atomic mass is 10.1. The Morgan fingerprint density at radius 1 is 1.37 bits per heavy atom. The van der Waals surface area contributed by atoms with Gasteiger partial charge in [-0.15, -0.1) is 0 Å². The molecule has 1 atom stereocenters. The summed E-state index contributed by atoms with van der Waals surface area (Å²) in [5.74, 6) is 0.415. The zero-order valence-electron chi connectivity index (χ0n) is 11.8. The third-order valence-electron chi connectivity index (χ3n) is 3.48. The number of phenols is 1. The van der Waals surface area contributed by atoms with Crippen LogP contribution >= 0.6 is 0 Å². The van der Waals surface area contributed by atoms with Crippen LogP contribution in [0.2, 0.25) is 0 Å². The van der Waals surface area contributed by atoms with E-state index in [0.29, 0.717) is 18.3 Å². The van der Waals surface area contributed by atoms with Crippen molar-refractivity contribution in [3.63, 3.8) is 0 Å². The normalized spacial score (nSPS) is 16.2. The minimum Gasteiger partial charge on any atom is -0.507 e. The fourth-order valence-electron chi connectivity index (χ4n) is 2.07. The molecule has 0 aliphatic heterocycles. The van der Waals surface area contributed by atoms with Gasteiger partial charge in [-0.05, 0) is 50.3 Å². The van der Waals surface area contributed by atoms with Crippen molar-refractivity contribution >= 4 is 5.91 Å². The third-order valence-corrected chi connectivity index (χ3v) is 3.48. The quantitative estimate of drug-likeness (QED) is 0.758. The molecule has 0 aromatic heterocycles. The second-order valence-electron chi connectivity index (χ2n) is 5.46. The van der Waals surface area contributed by atoms with Crippen LogP contribution in [0.1, 0.15) is 36.5 Å². The summed E-state index contributed by atoms with van der Waals surface area (Å²) < 4.78 is 0. The van der Waals surface area contributed by atoms with Crippen LogP contribution in [-0.2, 0) is 11.3 Å². The maximum Gasteiger partial charge on any atom is 0.237 e. The van der Waals surface area contributed by atoms with Crippen LogP contribution in [0, 0.1) is 13.8 Å². The summed E-state index contributed by atoms with van der Waals surface area (Å²) >= 11 is 0. The molecule has 1 aromatic carbocycles. The van der Waals surface area contributed by atoms with Gasteiger partial charge in [0.1, 0.15) is 5.75 Å². The smallest absolute Gasteiger partial charge is 0.237 e. The molecule has 1 fully saturated rings. The van der Waals surface area contributed by atoms with E-state index in [1.165, 1.54) is 0 Å². The van der Waals surface area contributed by atoms with Crippen molar-refractivity contribution in [2.75, 3.05) is 0 Å². The lowest BCUT2D eigenvalue weighted by Crippen LogP contribution is -2.42. The molecule has 1 aliphatic rings. The lowest BCUT2D eigenvalue weighted by Gasteiger charge is -2.15. The summed E-state index contributed by atoms with van der Waals surface area (Å²) in [6.07, 6.45) is 2.21. The molecule has 1 saturated carbocycles. The molecule has 4 heteroatoms. The molecule has 1 amide bonds. The van der Waals surface area contributed by atoms with Gasteiger partial charge in [0.15, 0.2) is 0 Å². The number of benzene rings is 1. The summed E-state index contributed by atoms with van der Waals surface area (Å²) in [6.45, 7) is 6.27. The Kier molecular flexibility index (Phi) is 4.10. The predicted molar refractivity (Wildman–Crippen MR) is 75.0 cm³/mol. The van der Waals surface area contributed by atoms with Crippen molar-refractivity contribution in [2.45, 2.75) is 52.2 Å². The molecule has 0 radical (unpaired) electrons. The Labute approximate surface area is 114 Å². The van der Waals surface area contributed by atoms with E-state index in [2.05, 4.69) is 10.6 Å². The highest BCUT2D eigenvalue weighted by Gasteiger charge is 2.25. The van der Waals surface area contributed by atoms with Gasteiger partial charge in [0, 0.05) is 12.6 Å². The molecule has 0 saturated heterocycles. The molecule has 19 heavy (non-hydrogen) atoms. The Balaban J connectivity index is 1.88. The van der Waals surface area contributed by atoms with Gasteiger partial charge in [0.2, 0.25) is 5.91 Å². The van der Waals surface area contributed by atoms with Gasteiger partial charge in [-0.25, -0.2) is 0 Å². The molecular formula is C15H22N2O2. The van der Waals surface area contributed by atoms with Crippen molar-refractivity contribution in [1.82, 2.24) is 10.6 Å². The van der Waals surface area contributed by atoms with Crippen LogP contribution in [-0.4, -0.2) is 23.1 Å². The average molecular weight is 262 g/mol. The van der Waals surface area contributed by atoms with E-state index in [1.807, 2.05) is 32.9 Å². The largest absolute Gasteiger partial charge is 0.507 e. The average Bonchev–Trinajstić information content (AvgIpc) is 3.16. The first-order valence-electron chi connectivity index (χ1n) is 6.80. The number of aryl methyl sites for hydroxylation is 2. The Bertz CT molecular complexity index is 458. The van der Waals surface area contributed by atoms with Crippen molar-refractivity contribution < 1.29 is 9.90 Å². The first-order valence-corrected chi connectivity index (χ1v) is 6.80. The molecule has 0 heterocycles. The highest BCUT2D eigenvalue weighted by Crippen LogP contribution is 2.23. The van der Waals surface area contributed by atoms with Crippen LogP contribution in [0.25, 0.3) is 0 Å². The van der Waals surface area contributed by atoms with Crippen LogP contribution in [0.5, 0.6) is 5.75 Å². The number of nitrogens with one attached hydrogen (secondary N) is 2. The van der Waals surface area contributed by atoms with Gasteiger partial charge in [0.25, 0.3) is 0 Å². The molecule has 1 aromatic rings. The van der Waals surface area contributed by atoms with Crippen molar-refractivity contribution in [2.24, 2.45) is 0 Å². The predicted octanol–water partition coefficient (Wildman–Crippen LogP) is 1.77. The molecular weight excluding hydrogens is 240 g/mol. The zero-order chi connectivity index (χ0) is 14.0. The molecule has 0 spiro atoms. The second-order valence-corrected chi connectivity index (χ2v) is 5.46. The van der Waals surface area contributed by atoms with Gasteiger partial charge in [-0.2, -0.15) is 0 Å². The molecule has 104 valence electrons. The summed E-state index contributed by atoms with van der Waals surface area (Å²) in [5.41, 5.74) is 2.82. The molecule has 1 aliphatic carbocycles. The van der Waals surface area contributed by atoms with Gasteiger partial charge >= 0.3 is 0 Å². The van der Waals surface area contributed by atoms with Crippen LogP contribution in [0.4, 0.5) is 0 Å². The number of phenolic OH excluding ortho intramolecular Hbond substituents is 1. The number of amides is 1. The number of rotatable bonds is 5. The van der Waals surface area contributed by atoms with E-state index in [1.54, 1.807) is 0 Å². The topological polar surface area (TPSA) is 61.4 Å².